The minimum absolute atomic E-state index is 0. The van der Waals surface area contributed by atoms with E-state index in [0.29, 0.717) is 6.42 Å². The molecule has 3 N–H and O–H groups in total. The van der Waals surface area contributed by atoms with E-state index in [1.165, 1.54) is 12.1 Å². The highest BCUT2D eigenvalue weighted by atomic mass is 35.5. The van der Waals surface area contributed by atoms with E-state index in [2.05, 4.69) is 0 Å². The van der Waals surface area contributed by atoms with Gasteiger partial charge < -0.3 is 10.8 Å². The van der Waals surface area contributed by atoms with Crippen molar-refractivity contribution in [1.82, 2.24) is 0 Å². The van der Waals surface area contributed by atoms with Crippen LogP contribution in [-0.2, 0) is 11.2 Å². The lowest BCUT2D eigenvalue weighted by Gasteiger charge is -2.08. The zero-order valence-corrected chi connectivity index (χ0v) is 8.84. The number of aliphatic carboxylic acids is 1. The quantitative estimate of drug-likeness (QED) is 0.828. The number of carboxylic acids is 1. The van der Waals surface area contributed by atoms with Gasteiger partial charge in [-0.3, -0.25) is 4.79 Å². The summed E-state index contributed by atoms with van der Waals surface area (Å²) in [5.74, 6) is -1.84. The molecule has 0 aliphatic heterocycles. The van der Waals surface area contributed by atoms with E-state index in [0.717, 1.165) is 5.56 Å². The number of carboxylic acid groups (broad SMARTS) is 1. The Morgan fingerprint density at radius 2 is 1.93 bits per heavy atom. The molecule has 0 aliphatic rings. The maximum atomic E-state index is 12.5. The van der Waals surface area contributed by atoms with Gasteiger partial charge in [-0.1, -0.05) is 12.1 Å². The third-order valence-corrected chi connectivity index (χ3v) is 2.03. The fourth-order valence-electron chi connectivity index (χ4n) is 1.18. The van der Waals surface area contributed by atoms with E-state index in [1.54, 1.807) is 12.1 Å². The van der Waals surface area contributed by atoms with Gasteiger partial charge in [-0.05, 0) is 24.1 Å². The topological polar surface area (TPSA) is 63.3 Å². The highest BCUT2D eigenvalue weighted by Crippen LogP contribution is 2.09. The highest BCUT2D eigenvalue weighted by molar-refractivity contribution is 5.85. The van der Waals surface area contributed by atoms with Crippen LogP contribution >= 0.6 is 12.4 Å². The number of benzene rings is 1. The fourth-order valence-corrected chi connectivity index (χ4v) is 1.18. The Morgan fingerprint density at radius 3 is 2.33 bits per heavy atom. The Kier molecular flexibility index (Phi) is 5.89. The van der Waals surface area contributed by atoms with Crippen molar-refractivity contribution in [2.45, 2.75) is 6.42 Å². The van der Waals surface area contributed by atoms with Crippen molar-refractivity contribution in [3.63, 3.8) is 0 Å². The molecule has 15 heavy (non-hydrogen) atoms. The van der Waals surface area contributed by atoms with Crippen molar-refractivity contribution in [3.05, 3.63) is 35.6 Å². The molecular formula is C10H13ClFNO2. The van der Waals surface area contributed by atoms with Crippen molar-refractivity contribution >= 4 is 18.4 Å². The first kappa shape index (κ1) is 13.9. The normalized spacial score (nSPS) is 11.6. The van der Waals surface area contributed by atoms with Gasteiger partial charge in [-0.15, -0.1) is 12.4 Å². The van der Waals surface area contributed by atoms with E-state index in [1.807, 2.05) is 0 Å². The van der Waals surface area contributed by atoms with Crippen molar-refractivity contribution in [2.24, 2.45) is 11.7 Å². The first-order valence-electron chi connectivity index (χ1n) is 4.31. The van der Waals surface area contributed by atoms with Crippen LogP contribution in [0.5, 0.6) is 0 Å². The SMILES string of the molecule is Cl.NC[C@@H](Cc1ccc(F)cc1)C(=O)O. The molecule has 0 aliphatic carbocycles. The molecule has 0 saturated heterocycles. The molecule has 1 rings (SSSR count). The number of nitrogens with two attached hydrogens (primary N) is 1. The average Bonchev–Trinajstić information content (AvgIpc) is 2.16. The Labute approximate surface area is 93.5 Å². The number of hydrogen-bond donors (Lipinski definition) is 2. The number of halogens is 2. The van der Waals surface area contributed by atoms with Crippen LogP contribution in [0.15, 0.2) is 24.3 Å². The summed E-state index contributed by atoms with van der Waals surface area (Å²) in [5, 5.41) is 8.74. The zero-order valence-electron chi connectivity index (χ0n) is 8.02. The van der Waals surface area contributed by atoms with E-state index < -0.39 is 11.9 Å². The Balaban J connectivity index is 0.00000196. The average molecular weight is 234 g/mol. The molecule has 84 valence electrons. The summed E-state index contributed by atoms with van der Waals surface area (Å²) in [7, 11) is 0. The molecule has 1 atom stereocenters. The summed E-state index contributed by atoms with van der Waals surface area (Å²) >= 11 is 0. The van der Waals surface area contributed by atoms with Crippen molar-refractivity contribution in [2.75, 3.05) is 6.54 Å². The summed E-state index contributed by atoms with van der Waals surface area (Å²) in [5.41, 5.74) is 6.08. The number of rotatable bonds is 4. The zero-order chi connectivity index (χ0) is 10.6. The van der Waals surface area contributed by atoms with E-state index in [-0.39, 0.29) is 24.8 Å². The van der Waals surface area contributed by atoms with Gasteiger partial charge in [0.15, 0.2) is 0 Å². The summed E-state index contributed by atoms with van der Waals surface area (Å²) in [6.07, 6.45) is 0.339. The second-order valence-corrected chi connectivity index (χ2v) is 3.10. The molecular weight excluding hydrogens is 221 g/mol. The highest BCUT2D eigenvalue weighted by Gasteiger charge is 2.15. The molecule has 0 fully saturated rings. The molecule has 0 spiro atoms. The lowest BCUT2D eigenvalue weighted by molar-refractivity contribution is -0.141. The van der Waals surface area contributed by atoms with Crippen molar-refractivity contribution in [3.8, 4) is 0 Å². The predicted molar refractivity (Wildman–Crippen MR) is 57.5 cm³/mol. The molecule has 3 nitrogen and oxygen atoms in total. The number of hydrogen-bond acceptors (Lipinski definition) is 2. The first-order chi connectivity index (χ1) is 6.63. The van der Waals surface area contributed by atoms with Crippen molar-refractivity contribution < 1.29 is 14.3 Å². The van der Waals surface area contributed by atoms with Gasteiger partial charge in [0.2, 0.25) is 0 Å². The van der Waals surface area contributed by atoms with Gasteiger partial charge in [0.05, 0.1) is 5.92 Å². The largest absolute Gasteiger partial charge is 0.481 e. The third-order valence-electron chi connectivity index (χ3n) is 2.03. The van der Waals surface area contributed by atoms with Gasteiger partial charge in [0.25, 0.3) is 0 Å². The van der Waals surface area contributed by atoms with Crippen LogP contribution in [0.4, 0.5) is 4.39 Å². The Bertz CT molecular complexity index is 316. The Hall–Kier alpha value is -1.13. The minimum Gasteiger partial charge on any atom is -0.481 e. The van der Waals surface area contributed by atoms with E-state index >= 15 is 0 Å². The second kappa shape index (κ2) is 6.37. The lowest BCUT2D eigenvalue weighted by atomic mass is 10.00. The Morgan fingerprint density at radius 1 is 1.40 bits per heavy atom. The molecule has 0 amide bonds. The maximum absolute atomic E-state index is 12.5. The fraction of sp³-hybridized carbons (Fsp3) is 0.300. The smallest absolute Gasteiger partial charge is 0.308 e. The lowest BCUT2D eigenvalue weighted by Crippen LogP contribution is -2.25. The van der Waals surface area contributed by atoms with Crippen LogP contribution in [-0.4, -0.2) is 17.6 Å². The van der Waals surface area contributed by atoms with Crippen LogP contribution in [0.2, 0.25) is 0 Å². The monoisotopic (exact) mass is 233 g/mol. The van der Waals surface area contributed by atoms with Crippen molar-refractivity contribution in [1.29, 1.82) is 0 Å². The third kappa shape index (κ3) is 4.27. The second-order valence-electron chi connectivity index (χ2n) is 3.10. The molecule has 0 heterocycles. The molecule has 0 saturated carbocycles. The first-order valence-corrected chi connectivity index (χ1v) is 4.31. The summed E-state index contributed by atoms with van der Waals surface area (Å²) in [6.45, 7) is 0.0900. The van der Waals surface area contributed by atoms with Crippen LogP contribution in [0.3, 0.4) is 0 Å². The maximum Gasteiger partial charge on any atom is 0.308 e. The molecule has 0 aromatic heterocycles. The van der Waals surface area contributed by atoms with Crippen LogP contribution in [0.1, 0.15) is 5.56 Å². The van der Waals surface area contributed by atoms with Gasteiger partial charge in [0.1, 0.15) is 5.82 Å². The predicted octanol–water partition coefficient (Wildman–Crippen LogP) is 1.45. The summed E-state index contributed by atoms with van der Waals surface area (Å²) in [6, 6.07) is 5.76. The van der Waals surface area contributed by atoms with Gasteiger partial charge in [0, 0.05) is 6.54 Å². The number of carbonyl (C=O) groups is 1. The molecule has 0 unspecified atom stereocenters. The molecule has 5 heteroatoms. The van der Waals surface area contributed by atoms with Crippen LogP contribution < -0.4 is 5.73 Å². The van der Waals surface area contributed by atoms with E-state index in [9.17, 15) is 9.18 Å². The van der Waals surface area contributed by atoms with Crippen LogP contribution in [0, 0.1) is 11.7 Å². The minimum atomic E-state index is -0.920. The summed E-state index contributed by atoms with van der Waals surface area (Å²) < 4.78 is 12.5. The van der Waals surface area contributed by atoms with E-state index in [4.69, 9.17) is 10.8 Å². The molecule has 0 radical (unpaired) electrons. The molecule has 1 aromatic carbocycles. The van der Waals surface area contributed by atoms with Gasteiger partial charge >= 0.3 is 5.97 Å². The van der Waals surface area contributed by atoms with Gasteiger partial charge in [-0.25, -0.2) is 4.39 Å². The summed E-state index contributed by atoms with van der Waals surface area (Å²) in [4.78, 5) is 10.6. The van der Waals surface area contributed by atoms with Crippen LogP contribution in [0.25, 0.3) is 0 Å². The molecule has 1 aromatic rings. The van der Waals surface area contributed by atoms with Gasteiger partial charge in [-0.2, -0.15) is 0 Å². The standard InChI is InChI=1S/C10H12FNO2.ClH/c11-9-3-1-7(2-4-9)5-8(6-12)10(13)14;/h1-4,8H,5-6,12H2,(H,13,14);1H/t8-;/m1./s1. The molecule has 0 bridgehead atoms.